The molecule has 1 fully saturated rings. The van der Waals surface area contributed by atoms with Gasteiger partial charge in [-0.15, -0.1) is 11.8 Å². The summed E-state index contributed by atoms with van der Waals surface area (Å²) >= 11 is 1.73. The molecule has 5 heteroatoms. The number of carbonyl (C=O) groups excluding carboxylic acids is 1. The van der Waals surface area contributed by atoms with E-state index >= 15 is 0 Å². The number of nitrogens with zero attached hydrogens (tertiary/aromatic N) is 2. The number of benzene rings is 3. The maximum absolute atomic E-state index is 14.2. The van der Waals surface area contributed by atoms with Crippen LogP contribution in [0.15, 0.2) is 83.8 Å². The first-order chi connectivity index (χ1) is 16.5. The van der Waals surface area contributed by atoms with Crippen LogP contribution in [0, 0.1) is 0 Å². The first kappa shape index (κ1) is 24.5. The van der Waals surface area contributed by atoms with Crippen molar-refractivity contribution in [3.63, 3.8) is 0 Å². The van der Waals surface area contributed by atoms with Crippen molar-refractivity contribution >= 4 is 23.2 Å². The monoisotopic (exact) mass is 474 g/mol. The van der Waals surface area contributed by atoms with E-state index < -0.39 is 5.54 Å². The van der Waals surface area contributed by atoms with Gasteiger partial charge in [0.25, 0.3) is 0 Å². The van der Waals surface area contributed by atoms with Crippen LogP contribution >= 0.6 is 11.8 Å². The van der Waals surface area contributed by atoms with Crippen molar-refractivity contribution in [2.24, 2.45) is 0 Å². The van der Waals surface area contributed by atoms with Gasteiger partial charge in [-0.25, -0.2) is 0 Å². The van der Waals surface area contributed by atoms with Gasteiger partial charge in [-0.2, -0.15) is 0 Å². The lowest BCUT2D eigenvalue weighted by molar-refractivity contribution is 0.0676. The largest absolute Gasteiger partial charge is 0.378 e. The first-order valence-corrected chi connectivity index (χ1v) is 13.1. The van der Waals surface area contributed by atoms with E-state index in [0.29, 0.717) is 12.8 Å². The number of ether oxygens (including phenoxy) is 1. The Bertz CT molecular complexity index is 1060. The fraction of sp³-hybridized carbons (Fsp3) is 0.345. The maximum Gasteiger partial charge on any atom is 0.183 e. The van der Waals surface area contributed by atoms with E-state index in [1.807, 2.05) is 44.4 Å². The number of hydrogen-bond acceptors (Lipinski definition) is 5. The molecule has 0 aromatic heterocycles. The second-order valence-corrected chi connectivity index (χ2v) is 9.97. The molecule has 0 N–H and O–H groups in total. The van der Waals surface area contributed by atoms with Gasteiger partial charge in [-0.05, 0) is 80.7 Å². The smallest absolute Gasteiger partial charge is 0.183 e. The molecule has 0 radical (unpaired) electrons. The number of thioether (sulfide) groups is 1. The summed E-state index contributed by atoms with van der Waals surface area (Å²) in [7, 11) is 4.05. The Balaban J connectivity index is 1.68. The molecule has 0 aliphatic carbocycles. The highest BCUT2D eigenvalue weighted by Gasteiger charge is 2.41. The summed E-state index contributed by atoms with van der Waals surface area (Å²) in [5.41, 5.74) is 3.53. The summed E-state index contributed by atoms with van der Waals surface area (Å²) in [4.78, 5) is 19.9. The number of anilines is 1. The molecule has 1 aliphatic rings. The molecule has 1 atom stereocenters. The first-order valence-electron chi connectivity index (χ1n) is 11.8. The summed E-state index contributed by atoms with van der Waals surface area (Å²) in [6.07, 6.45) is 3.38. The minimum atomic E-state index is -0.692. The highest BCUT2D eigenvalue weighted by atomic mass is 32.2. The summed E-state index contributed by atoms with van der Waals surface area (Å²) < 4.78 is 5.48. The number of likely N-dealkylation sites (N-methyl/N-ethyl adjacent to an activating group) is 1. The lowest BCUT2D eigenvalue weighted by Crippen LogP contribution is -2.54. The number of ketones is 1. The van der Waals surface area contributed by atoms with Gasteiger partial charge in [0.1, 0.15) is 0 Å². The molecule has 0 spiro atoms. The molecule has 4 nitrogen and oxygen atoms in total. The zero-order valence-corrected chi connectivity index (χ0v) is 21.2. The highest BCUT2D eigenvalue weighted by molar-refractivity contribution is 7.98. The van der Waals surface area contributed by atoms with E-state index in [9.17, 15) is 4.79 Å². The molecular formula is C29H34N2O2S. The van der Waals surface area contributed by atoms with E-state index in [2.05, 4.69) is 64.6 Å². The fourth-order valence-electron chi connectivity index (χ4n) is 4.67. The van der Waals surface area contributed by atoms with E-state index in [-0.39, 0.29) is 5.78 Å². The number of carbonyl (C=O) groups is 1. The van der Waals surface area contributed by atoms with Crippen molar-refractivity contribution < 1.29 is 9.53 Å². The SMILES string of the molecule is CSc1ccc(CC(Cc2ccccc2)(C(=O)c2ccc(N3CCOCC3)cc2)N(C)C)cc1. The van der Waals surface area contributed by atoms with Crippen LogP contribution in [0.1, 0.15) is 21.5 Å². The molecule has 34 heavy (non-hydrogen) atoms. The average Bonchev–Trinajstić information content (AvgIpc) is 2.89. The number of hydrogen-bond donors (Lipinski definition) is 0. The predicted octanol–water partition coefficient (Wildman–Crippen LogP) is 5.21. The summed E-state index contributed by atoms with van der Waals surface area (Å²) in [6, 6.07) is 27.1. The lowest BCUT2D eigenvalue weighted by atomic mass is 9.77. The Kier molecular flexibility index (Phi) is 8.09. The topological polar surface area (TPSA) is 32.8 Å². The zero-order chi connectivity index (χ0) is 24.0. The Hall–Kier alpha value is -2.60. The van der Waals surface area contributed by atoms with Gasteiger partial charge < -0.3 is 9.64 Å². The van der Waals surface area contributed by atoms with Crippen molar-refractivity contribution in [3.8, 4) is 0 Å². The van der Waals surface area contributed by atoms with Crippen LogP contribution in [0.3, 0.4) is 0 Å². The molecule has 1 heterocycles. The van der Waals surface area contributed by atoms with E-state index in [0.717, 1.165) is 43.1 Å². The van der Waals surface area contributed by atoms with E-state index in [4.69, 9.17) is 4.74 Å². The molecule has 0 bridgehead atoms. The fourth-order valence-corrected chi connectivity index (χ4v) is 5.08. The van der Waals surface area contributed by atoms with Crippen molar-refractivity contribution in [1.29, 1.82) is 0 Å². The lowest BCUT2D eigenvalue weighted by Gasteiger charge is -2.39. The van der Waals surface area contributed by atoms with Gasteiger partial charge in [0, 0.05) is 29.2 Å². The molecule has 0 saturated carbocycles. The molecule has 1 unspecified atom stereocenters. The van der Waals surface area contributed by atoms with Crippen molar-refractivity contribution in [3.05, 3.63) is 95.6 Å². The van der Waals surface area contributed by atoms with Crippen LogP contribution in [0.25, 0.3) is 0 Å². The predicted molar refractivity (Wildman–Crippen MR) is 142 cm³/mol. The van der Waals surface area contributed by atoms with E-state index in [1.54, 1.807) is 11.8 Å². The molecule has 178 valence electrons. The zero-order valence-electron chi connectivity index (χ0n) is 20.4. The van der Waals surface area contributed by atoms with Gasteiger partial charge in [-0.1, -0.05) is 42.5 Å². The third-order valence-electron chi connectivity index (χ3n) is 6.78. The van der Waals surface area contributed by atoms with Crippen LogP contribution in [0.5, 0.6) is 0 Å². The summed E-state index contributed by atoms with van der Waals surface area (Å²) in [5.74, 6) is 0.156. The summed E-state index contributed by atoms with van der Waals surface area (Å²) in [6.45, 7) is 3.26. The van der Waals surface area contributed by atoms with Gasteiger partial charge in [0.05, 0.1) is 18.8 Å². The summed E-state index contributed by atoms with van der Waals surface area (Å²) in [5, 5.41) is 0. The Morgan fingerprint density at radius 2 is 1.47 bits per heavy atom. The number of morpholine rings is 1. The molecular weight excluding hydrogens is 440 g/mol. The van der Waals surface area contributed by atoms with Crippen molar-refractivity contribution in [2.45, 2.75) is 23.3 Å². The van der Waals surface area contributed by atoms with Crippen LogP contribution in [0.4, 0.5) is 5.69 Å². The standard InChI is InChI=1S/C29H34N2O2S/c1-30(2)29(21-23-7-5-4-6-8-23,22-24-9-15-27(34-3)16-10-24)28(32)25-11-13-26(14-12-25)31-17-19-33-20-18-31/h4-16H,17-22H2,1-3H3. The Morgan fingerprint density at radius 1 is 0.882 bits per heavy atom. The second kappa shape index (κ2) is 11.2. The van der Waals surface area contributed by atoms with Crippen LogP contribution < -0.4 is 4.90 Å². The molecule has 1 aliphatic heterocycles. The van der Waals surface area contributed by atoms with Crippen LogP contribution in [0.2, 0.25) is 0 Å². The van der Waals surface area contributed by atoms with Crippen LogP contribution in [-0.4, -0.2) is 62.9 Å². The Labute approximate surface area is 207 Å². The minimum absolute atomic E-state index is 0.156. The molecule has 1 saturated heterocycles. The van der Waals surface area contributed by atoms with Gasteiger partial charge in [-0.3, -0.25) is 9.69 Å². The minimum Gasteiger partial charge on any atom is -0.378 e. The molecule has 0 amide bonds. The average molecular weight is 475 g/mol. The van der Waals surface area contributed by atoms with Gasteiger partial charge in [0.2, 0.25) is 0 Å². The van der Waals surface area contributed by atoms with E-state index in [1.165, 1.54) is 10.5 Å². The third kappa shape index (κ3) is 5.54. The van der Waals surface area contributed by atoms with Gasteiger partial charge >= 0.3 is 0 Å². The van der Waals surface area contributed by atoms with Crippen LogP contribution in [-0.2, 0) is 17.6 Å². The Morgan fingerprint density at radius 3 is 2.03 bits per heavy atom. The van der Waals surface area contributed by atoms with Gasteiger partial charge in [0.15, 0.2) is 5.78 Å². The maximum atomic E-state index is 14.2. The highest BCUT2D eigenvalue weighted by Crippen LogP contribution is 2.30. The quantitative estimate of drug-likeness (QED) is 0.314. The third-order valence-corrected chi connectivity index (χ3v) is 7.52. The molecule has 3 aromatic rings. The van der Waals surface area contributed by atoms with Crippen molar-refractivity contribution in [1.82, 2.24) is 4.90 Å². The molecule has 3 aromatic carbocycles. The number of Topliss-reactive ketones (excluding diaryl/α,β-unsaturated/α-hetero) is 1. The normalized spacial score (nSPS) is 15.8. The second-order valence-electron chi connectivity index (χ2n) is 9.09. The number of rotatable bonds is 9. The van der Waals surface area contributed by atoms with Crippen molar-refractivity contribution in [2.75, 3.05) is 51.6 Å². The molecule has 4 rings (SSSR count).